The number of nitrogens with zero attached hydrogens (tertiary/aromatic N) is 1. The Hall–Kier alpha value is -1.91. The maximum atomic E-state index is 12.0. The molecule has 1 rings (SSSR count). The minimum Gasteiger partial charge on any atom is -0.480 e. The number of carboxylic acid groups (broad SMARTS) is 1. The lowest BCUT2D eigenvalue weighted by atomic mass is 9.88. The molecule has 20 heavy (non-hydrogen) atoms. The molecule has 0 saturated carbocycles. The fourth-order valence-electron chi connectivity index (χ4n) is 1.68. The van der Waals surface area contributed by atoms with Crippen molar-refractivity contribution in [2.75, 3.05) is 0 Å². The molecule has 0 aliphatic carbocycles. The summed E-state index contributed by atoms with van der Waals surface area (Å²) in [5.41, 5.74) is 1.21. The monoisotopic (exact) mass is 278 g/mol. The van der Waals surface area contributed by atoms with E-state index in [0.717, 1.165) is 12.1 Å². The van der Waals surface area contributed by atoms with Crippen LogP contribution in [-0.4, -0.2) is 28.0 Å². The third kappa shape index (κ3) is 5.38. The van der Waals surface area contributed by atoms with Crippen LogP contribution >= 0.6 is 0 Å². The van der Waals surface area contributed by atoms with Crippen LogP contribution in [0.4, 0.5) is 0 Å². The highest BCUT2D eigenvalue weighted by molar-refractivity contribution is 5.96. The van der Waals surface area contributed by atoms with Gasteiger partial charge >= 0.3 is 5.97 Å². The summed E-state index contributed by atoms with van der Waals surface area (Å²) in [6.45, 7) is 7.94. The topological polar surface area (TPSA) is 79.3 Å². The zero-order chi connectivity index (χ0) is 15.3. The molecule has 110 valence electrons. The quantitative estimate of drug-likeness (QED) is 0.866. The summed E-state index contributed by atoms with van der Waals surface area (Å²) in [6.07, 6.45) is 2.58. The average molecular weight is 278 g/mol. The van der Waals surface area contributed by atoms with E-state index in [9.17, 15) is 14.7 Å². The van der Waals surface area contributed by atoms with E-state index in [2.05, 4.69) is 10.3 Å². The standard InChI is InChI=1S/C15H22N2O3/c1-10-5-6-11(9-16-10)13(18)17-12(14(19)20)7-8-15(2,3)4/h5-6,9,12H,7-8H2,1-4H3,(H,17,18)(H,19,20). The number of nitrogens with one attached hydrogen (secondary N) is 1. The van der Waals surface area contributed by atoms with Crippen molar-refractivity contribution in [3.8, 4) is 0 Å². The smallest absolute Gasteiger partial charge is 0.326 e. The summed E-state index contributed by atoms with van der Waals surface area (Å²) in [5, 5.41) is 11.7. The second kappa shape index (κ2) is 6.50. The number of aromatic nitrogens is 1. The molecule has 0 saturated heterocycles. The van der Waals surface area contributed by atoms with Gasteiger partial charge in [0.25, 0.3) is 5.91 Å². The molecule has 0 bridgehead atoms. The minimum absolute atomic E-state index is 0.0316. The molecule has 1 amide bonds. The van der Waals surface area contributed by atoms with Crippen LogP contribution < -0.4 is 5.32 Å². The van der Waals surface area contributed by atoms with Crippen molar-refractivity contribution in [2.45, 2.75) is 46.6 Å². The lowest BCUT2D eigenvalue weighted by Gasteiger charge is -2.21. The van der Waals surface area contributed by atoms with Gasteiger partial charge in [0.2, 0.25) is 0 Å². The molecular weight excluding hydrogens is 256 g/mol. The van der Waals surface area contributed by atoms with E-state index >= 15 is 0 Å². The number of aryl methyl sites for hydroxylation is 1. The van der Waals surface area contributed by atoms with Crippen LogP contribution in [0.1, 0.15) is 49.7 Å². The lowest BCUT2D eigenvalue weighted by Crippen LogP contribution is -2.41. The van der Waals surface area contributed by atoms with Crippen LogP contribution in [0.5, 0.6) is 0 Å². The highest BCUT2D eigenvalue weighted by Gasteiger charge is 2.23. The number of aliphatic carboxylic acids is 1. The minimum atomic E-state index is -1.01. The molecular formula is C15H22N2O3. The Kier molecular flexibility index (Phi) is 5.25. The Morgan fingerprint density at radius 1 is 1.35 bits per heavy atom. The summed E-state index contributed by atoms with van der Waals surface area (Å²) >= 11 is 0. The molecule has 5 heteroatoms. The third-order valence-electron chi connectivity index (χ3n) is 2.96. The van der Waals surface area contributed by atoms with Gasteiger partial charge in [0.1, 0.15) is 6.04 Å². The summed E-state index contributed by atoms with van der Waals surface area (Å²) in [7, 11) is 0. The maximum absolute atomic E-state index is 12.0. The number of hydrogen-bond donors (Lipinski definition) is 2. The van der Waals surface area contributed by atoms with Gasteiger partial charge in [-0.05, 0) is 37.3 Å². The number of rotatable bonds is 5. The van der Waals surface area contributed by atoms with Crippen LogP contribution in [0.3, 0.4) is 0 Å². The zero-order valence-electron chi connectivity index (χ0n) is 12.4. The van der Waals surface area contributed by atoms with Gasteiger partial charge in [-0.25, -0.2) is 4.79 Å². The molecule has 0 aromatic carbocycles. The Morgan fingerprint density at radius 2 is 2.00 bits per heavy atom. The first-order valence-electron chi connectivity index (χ1n) is 6.65. The third-order valence-corrected chi connectivity index (χ3v) is 2.96. The van der Waals surface area contributed by atoms with Gasteiger partial charge in [-0.15, -0.1) is 0 Å². The number of hydrogen-bond acceptors (Lipinski definition) is 3. The van der Waals surface area contributed by atoms with Gasteiger partial charge in [-0.2, -0.15) is 0 Å². The summed E-state index contributed by atoms with van der Waals surface area (Å²) in [6, 6.07) is 2.49. The molecule has 1 heterocycles. The van der Waals surface area contributed by atoms with Gasteiger partial charge < -0.3 is 10.4 Å². The van der Waals surface area contributed by atoms with Crippen molar-refractivity contribution in [1.29, 1.82) is 0 Å². The van der Waals surface area contributed by atoms with Crippen molar-refractivity contribution in [2.24, 2.45) is 5.41 Å². The number of amides is 1. The van der Waals surface area contributed by atoms with Crippen LogP contribution in [0.2, 0.25) is 0 Å². The molecule has 1 unspecified atom stereocenters. The fourth-order valence-corrected chi connectivity index (χ4v) is 1.68. The van der Waals surface area contributed by atoms with E-state index in [-0.39, 0.29) is 5.41 Å². The van der Waals surface area contributed by atoms with Gasteiger partial charge in [0.05, 0.1) is 5.56 Å². The van der Waals surface area contributed by atoms with E-state index in [1.54, 1.807) is 12.1 Å². The first-order valence-corrected chi connectivity index (χ1v) is 6.65. The Morgan fingerprint density at radius 3 is 2.45 bits per heavy atom. The highest BCUT2D eigenvalue weighted by atomic mass is 16.4. The van der Waals surface area contributed by atoms with Gasteiger partial charge in [0.15, 0.2) is 0 Å². The average Bonchev–Trinajstić information content (AvgIpc) is 2.33. The highest BCUT2D eigenvalue weighted by Crippen LogP contribution is 2.21. The number of carboxylic acids is 1. The van der Waals surface area contributed by atoms with Crippen molar-refractivity contribution in [3.05, 3.63) is 29.6 Å². The summed E-state index contributed by atoms with van der Waals surface area (Å²) in [5.74, 6) is -1.42. The van der Waals surface area contributed by atoms with E-state index in [1.165, 1.54) is 6.20 Å². The number of carbonyl (C=O) groups is 2. The van der Waals surface area contributed by atoms with Gasteiger partial charge in [0, 0.05) is 11.9 Å². The van der Waals surface area contributed by atoms with E-state index < -0.39 is 17.9 Å². The SMILES string of the molecule is Cc1ccc(C(=O)NC(CCC(C)(C)C)C(=O)O)cn1. The predicted molar refractivity (Wildman–Crippen MR) is 76.6 cm³/mol. The number of carbonyl (C=O) groups excluding carboxylic acids is 1. The molecule has 0 fully saturated rings. The van der Waals surface area contributed by atoms with Crippen molar-refractivity contribution in [1.82, 2.24) is 10.3 Å². The largest absolute Gasteiger partial charge is 0.480 e. The second-order valence-corrected chi connectivity index (χ2v) is 6.15. The molecule has 0 spiro atoms. The molecule has 0 radical (unpaired) electrons. The summed E-state index contributed by atoms with van der Waals surface area (Å²) in [4.78, 5) is 27.2. The molecule has 1 aromatic rings. The van der Waals surface area contributed by atoms with Crippen molar-refractivity contribution < 1.29 is 14.7 Å². The molecule has 1 aromatic heterocycles. The molecule has 0 aliphatic rings. The second-order valence-electron chi connectivity index (χ2n) is 6.15. The van der Waals surface area contributed by atoms with Gasteiger partial charge in [-0.3, -0.25) is 9.78 Å². The van der Waals surface area contributed by atoms with Crippen LogP contribution in [-0.2, 0) is 4.79 Å². The maximum Gasteiger partial charge on any atom is 0.326 e. The normalized spacial score (nSPS) is 12.8. The first-order chi connectivity index (χ1) is 9.19. The van der Waals surface area contributed by atoms with E-state index in [4.69, 9.17) is 0 Å². The molecule has 5 nitrogen and oxygen atoms in total. The van der Waals surface area contributed by atoms with Crippen LogP contribution in [0, 0.1) is 12.3 Å². The van der Waals surface area contributed by atoms with Crippen LogP contribution in [0.25, 0.3) is 0 Å². The Bertz CT molecular complexity index is 475. The summed E-state index contributed by atoms with van der Waals surface area (Å²) < 4.78 is 0. The Balaban J connectivity index is 2.68. The predicted octanol–water partition coefficient (Wildman–Crippen LogP) is 2.40. The Labute approximate surface area is 119 Å². The fraction of sp³-hybridized carbons (Fsp3) is 0.533. The zero-order valence-corrected chi connectivity index (χ0v) is 12.4. The molecule has 0 aliphatic heterocycles. The molecule has 1 atom stereocenters. The lowest BCUT2D eigenvalue weighted by molar-refractivity contribution is -0.139. The van der Waals surface area contributed by atoms with Gasteiger partial charge in [-0.1, -0.05) is 20.8 Å². The van der Waals surface area contributed by atoms with E-state index in [1.807, 2.05) is 27.7 Å². The molecule has 2 N–H and O–H groups in total. The number of pyridine rings is 1. The first kappa shape index (κ1) is 16.1. The van der Waals surface area contributed by atoms with E-state index in [0.29, 0.717) is 12.0 Å². The van der Waals surface area contributed by atoms with Crippen molar-refractivity contribution >= 4 is 11.9 Å². The van der Waals surface area contributed by atoms with Crippen molar-refractivity contribution in [3.63, 3.8) is 0 Å². The van der Waals surface area contributed by atoms with Crippen LogP contribution in [0.15, 0.2) is 18.3 Å².